The first-order valence-corrected chi connectivity index (χ1v) is 8.55. The molecule has 1 fully saturated rings. The summed E-state index contributed by atoms with van der Waals surface area (Å²) in [4.78, 5) is 8.56. The van der Waals surface area contributed by atoms with E-state index in [4.69, 9.17) is 17.3 Å². The van der Waals surface area contributed by atoms with E-state index in [-0.39, 0.29) is 12.6 Å². The summed E-state index contributed by atoms with van der Waals surface area (Å²) in [5, 5.41) is 17.2. The minimum atomic E-state index is 0.0868. The van der Waals surface area contributed by atoms with Gasteiger partial charge in [0, 0.05) is 24.7 Å². The highest BCUT2D eigenvalue weighted by atomic mass is 35.5. The third-order valence-corrected chi connectivity index (χ3v) is 4.67. The summed E-state index contributed by atoms with van der Waals surface area (Å²) in [5.41, 5.74) is 6.87. The number of aryl methyl sites for hydroxylation is 1. The second-order valence-corrected chi connectivity index (χ2v) is 6.51. The fourth-order valence-electron chi connectivity index (χ4n) is 3.09. The maximum Gasteiger partial charge on any atom is 0.246 e. The lowest BCUT2D eigenvalue weighted by molar-refractivity contribution is 0.110. The largest absolute Gasteiger partial charge is 0.395 e. The van der Waals surface area contributed by atoms with Crippen LogP contribution >= 0.6 is 11.6 Å². The van der Waals surface area contributed by atoms with E-state index in [0.29, 0.717) is 18.4 Å². The van der Waals surface area contributed by atoms with Gasteiger partial charge in [-0.3, -0.25) is 4.90 Å². The predicted molar refractivity (Wildman–Crippen MR) is 95.2 cm³/mol. The minimum absolute atomic E-state index is 0.0868. The Morgan fingerprint density at radius 1 is 1.29 bits per heavy atom. The summed E-state index contributed by atoms with van der Waals surface area (Å²) in [5.74, 6) is 0.919. The lowest BCUT2D eigenvalue weighted by Gasteiger charge is -2.40. The van der Waals surface area contributed by atoms with Crippen LogP contribution in [0, 0.1) is 0 Å². The van der Waals surface area contributed by atoms with Gasteiger partial charge in [-0.2, -0.15) is 4.98 Å². The van der Waals surface area contributed by atoms with Crippen molar-refractivity contribution in [1.82, 2.24) is 20.1 Å². The Bertz CT molecular complexity index is 646. The molecule has 24 heavy (non-hydrogen) atoms. The molecular weight excluding hydrogens is 328 g/mol. The van der Waals surface area contributed by atoms with Crippen molar-refractivity contribution in [3.63, 3.8) is 0 Å². The topological polar surface area (TPSA) is 94.3 Å². The number of nitrogens with zero attached hydrogens (tertiary/aromatic N) is 4. The van der Waals surface area contributed by atoms with Crippen LogP contribution in [0.5, 0.6) is 0 Å². The molecule has 0 radical (unpaired) electrons. The molecule has 0 amide bonds. The number of nitrogens with one attached hydrogen (secondary N) is 1. The van der Waals surface area contributed by atoms with Crippen LogP contribution in [0.1, 0.15) is 12.0 Å². The van der Waals surface area contributed by atoms with Crippen LogP contribution in [0.3, 0.4) is 0 Å². The van der Waals surface area contributed by atoms with Crippen LogP contribution in [0.4, 0.5) is 11.9 Å². The van der Waals surface area contributed by atoms with Gasteiger partial charge in [0.1, 0.15) is 0 Å². The molecule has 130 valence electrons. The zero-order chi connectivity index (χ0) is 16.9. The Kier molecular flexibility index (Phi) is 5.55. The molecule has 3 rings (SSSR count). The van der Waals surface area contributed by atoms with E-state index in [1.54, 1.807) is 0 Å². The number of piperazine rings is 1. The van der Waals surface area contributed by atoms with Crippen LogP contribution in [-0.2, 0) is 6.42 Å². The van der Waals surface area contributed by atoms with Crippen molar-refractivity contribution >= 4 is 23.5 Å². The zero-order valence-electron chi connectivity index (χ0n) is 13.5. The Morgan fingerprint density at radius 2 is 2.08 bits per heavy atom. The fourth-order valence-corrected chi connectivity index (χ4v) is 3.21. The van der Waals surface area contributed by atoms with Crippen LogP contribution < -0.4 is 10.6 Å². The van der Waals surface area contributed by atoms with E-state index < -0.39 is 0 Å². The molecule has 1 atom stereocenters. The average molecular weight is 351 g/mol. The van der Waals surface area contributed by atoms with Gasteiger partial charge < -0.3 is 15.7 Å². The molecule has 1 aromatic heterocycles. The maximum absolute atomic E-state index is 9.72. The molecule has 2 heterocycles. The number of rotatable bonds is 6. The van der Waals surface area contributed by atoms with Gasteiger partial charge in [0.25, 0.3) is 0 Å². The van der Waals surface area contributed by atoms with Gasteiger partial charge in [-0.25, -0.2) is 5.10 Å². The number of aromatic amines is 1. The van der Waals surface area contributed by atoms with E-state index in [2.05, 4.69) is 37.1 Å². The van der Waals surface area contributed by atoms with Gasteiger partial charge in [-0.15, -0.1) is 5.10 Å². The molecule has 0 aliphatic carbocycles. The lowest BCUT2D eigenvalue weighted by atomic mass is 10.1. The molecule has 4 N–H and O–H groups in total. The van der Waals surface area contributed by atoms with E-state index in [0.717, 1.165) is 37.5 Å². The van der Waals surface area contributed by atoms with Crippen LogP contribution in [0.15, 0.2) is 24.3 Å². The number of aliphatic hydroxyl groups is 1. The summed E-state index contributed by atoms with van der Waals surface area (Å²) in [7, 11) is 0. The molecule has 1 aliphatic rings. The number of H-pyrrole nitrogens is 1. The van der Waals surface area contributed by atoms with Crippen LogP contribution in [-0.4, -0.2) is 64.0 Å². The molecular formula is C16H23ClN6O. The number of aliphatic hydroxyl groups excluding tert-OH is 1. The number of aromatic nitrogens is 3. The van der Waals surface area contributed by atoms with Crippen molar-refractivity contribution in [2.45, 2.75) is 18.9 Å². The molecule has 8 heteroatoms. The molecule has 1 unspecified atom stereocenters. The Hall–Kier alpha value is -1.83. The third-order valence-electron chi connectivity index (χ3n) is 4.41. The summed E-state index contributed by atoms with van der Waals surface area (Å²) in [6.07, 6.45) is 2.05. The van der Waals surface area contributed by atoms with Crippen molar-refractivity contribution in [3.8, 4) is 0 Å². The van der Waals surface area contributed by atoms with Gasteiger partial charge in [-0.1, -0.05) is 23.7 Å². The average Bonchev–Trinajstić information content (AvgIpc) is 3.03. The van der Waals surface area contributed by atoms with Crippen molar-refractivity contribution < 1.29 is 5.11 Å². The first kappa shape index (κ1) is 17.0. The molecule has 0 saturated carbocycles. The number of nitrogen functional groups attached to an aromatic ring is 1. The van der Waals surface area contributed by atoms with Crippen molar-refractivity contribution in [3.05, 3.63) is 34.9 Å². The highest BCUT2D eigenvalue weighted by Gasteiger charge is 2.27. The lowest BCUT2D eigenvalue weighted by Crippen LogP contribution is -2.55. The SMILES string of the molecule is Nc1nc(N2CCN(CCCc3ccc(Cl)cc3)C(CO)C2)n[nH]1. The minimum Gasteiger partial charge on any atom is -0.395 e. The molecule has 1 aliphatic heterocycles. The first-order valence-electron chi connectivity index (χ1n) is 8.18. The third kappa shape index (κ3) is 4.17. The van der Waals surface area contributed by atoms with Gasteiger partial charge in [-0.05, 0) is 37.1 Å². The fraction of sp³-hybridized carbons (Fsp3) is 0.500. The molecule has 1 aromatic carbocycles. The van der Waals surface area contributed by atoms with Gasteiger partial charge in [0.2, 0.25) is 11.9 Å². The first-order chi connectivity index (χ1) is 11.7. The van der Waals surface area contributed by atoms with Crippen LogP contribution in [0.2, 0.25) is 5.02 Å². The molecule has 0 spiro atoms. The Balaban J connectivity index is 1.50. The second-order valence-electron chi connectivity index (χ2n) is 6.07. The summed E-state index contributed by atoms with van der Waals surface area (Å²) < 4.78 is 0. The maximum atomic E-state index is 9.72. The second kappa shape index (κ2) is 7.83. The Labute approximate surface area is 146 Å². The summed E-state index contributed by atoms with van der Waals surface area (Å²) >= 11 is 5.91. The number of halogens is 1. The number of hydrogen-bond acceptors (Lipinski definition) is 6. The van der Waals surface area contributed by atoms with Gasteiger partial charge in [0.15, 0.2) is 0 Å². The number of nitrogens with two attached hydrogens (primary N) is 1. The quantitative estimate of drug-likeness (QED) is 0.723. The highest BCUT2D eigenvalue weighted by molar-refractivity contribution is 6.30. The van der Waals surface area contributed by atoms with E-state index in [1.807, 2.05) is 12.1 Å². The number of hydrogen-bond donors (Lipinski definition) is 3. The van der Waals surface area contributed by atoms with E-state index >= 15 is 0 Å². The number of anilines is 2. The summed E-state index contributed by atoms with van der Waals surface area (Å²) in [6.45, 7) is 3.49. The van der Waals surface area contributed by atoms with E-state index in [1.165, 1.54) is 5.56 Å². The normalized spacial score (nSPS) is 18.9. The van der Waals surface area contributed by atoms with Crippen molar-refractivity contribution in [1.29, 1.82) is 0 Å². The van der Waals surface area contributed by atoms with Crippen LogP contribution in [0.25, 0.3) is 0 Å². The smallest absolute Gasteiger partial charge is 0.246 e. The Morgan fingerprint density at radius 3 is 2.75 bits per heavy atom. The van der Waals surface area contributed by atoms with Crippen molar-refractivity contribution in [2.24, 2.45) is 0 Å². The van der Waals surface area contributed by atoms with E-state index in [9.17, 15) is 5.11 Å². The molecule has 7 nitrogen and oxygen atoms in total. The molecule has 0 bridgehead atoms. The standard InChI is InChI=1S/C16H23ClN6O/c17-13-5-3-12(4-6-13)2-1-7-22-8-9-23(10-14(22)11-24)16-19-15(18)20-21-16/h3-6,14,24H,1-2,7-11H2,(H3,18,19,20,21). The van der Waals surface area contributed by atoms with Gasteiger partial charge >= 0.3 is 0 Å². The van der Waals surface area contributed by atoms with Gasteiger partial charge in [0.05, 0.1) is 12.6 Å². The molecule has 1 saturated heterocycles. The predicted octanol–water partition coefficient (Wildman–Crippen LogP) is 1.16. The zero-order valence-corrected chi connectivity index (χ0v) is 14.3. The molecule has 2 aromatic rings. The monoisotopic (exact) mass is 350 g/mol. The van der Waals surface area contributed by atoms with Crippen molar-refractivity contribution in [2.75, 3.05) is 43.4 Å². The highest BCUT2D eigenvalue weighted by Crippen LogP contribution is 2.17. The summed E-state index contributed by atoms with van der Waals surface area (Å²) in [6, 6.07) is 8.07. The number of benzene rings is 1.